The first-order valence-corrected chi connectivity index (χ1v) is 5.25. The number of aldehydes is 1. The number of nitrogens with zero attached hydrogens (tertiary/aromatic N) is 3. The predicted octanol–water partition coefficient (Wildman–Crippen LogP) is 1.29. The minimum atomic E-state index is 0.327. The molecule has 0 spiro atoms. The Balaban J connectivity index is 2.26. The zero-order valence-corrected chi connectivity index (χ0v) is 9.54. The number of rotatable bonds is 5. The smallest absolute Gasteiger partial charge is 0.172 e. The highest BCUT2D eigenvalue weighted by Gasteiger charge is 2.11. The van der Waals surface area contributed by atoms with Crippen LogP contribution in [0.5, 0.6) is 0 Å². The fourth-order valence-corrected chi connectivity index (χ4v) is 1.61. The van der Waals surface area contributed by atoms with Crippen LogP contribution in [0.2, 0.25) is 0 Å². The summed E-state index contributed by atoms with van der Waals surface area (Å²) in [4.78, 5) is 10.8. The summed E-state index contributed by atoms with van der Waals surface area (Å²) in [5.74, 6) is 0. The van der Waals surface area contributed by atoms with Crippen LogP contribution in [0.3, 0.4) is 0 Å². The first kappa shape index (κ1) is 11.5. The van der Waals surface area contributed by atoms with Crippen LogP contribution in [-0.2, 0) is 17.9 Å². The summed E-state index contributed by atoms with van der Waals surface area (Å²) in [6, 6.07) is 9.88. The summed E-state index contributed by atoms with van der Waals surface area (Å²) in [6.45, 7) is 0.911. The van der Waals surface area contributed by atoms with Gasteiger partial charge in [-0.05, 0) is 5.56 Å². The molecule has 2 rings (SSSR count). The van der Waals surface area contributed by atoms with Crippen molar-refractivity contribution in [2.24, 2.45) is 0 Å². The molecule has 0 fully saturated rings. The summed E-state index contributed by atoms with van der Waals surface area (Å²) < 4.78 is 6.73. The standard InChI is InChI=1S/C12H13N3O2/c1-17-9-12-11(8-16)13-14-15(12)7-10-5-3-2-4-6-10/h2-6,8H,7,9H2,1H3. The molecule has 0 amide bonds. The first-order valence-electron chi connectivity index (χ1n) is 5.25. The molecule has 0 radical (unpaired) electrons. The van der Waals surface area contributed by atoms with Gasteiger partial charge in [0, 0.05) is 7.11 Å². The van der Waals surface area contributed by atoms with E-state index in [-0.39, 0.29) is 0 Å². The molecule has 0 aliphatic rings. The van der Waals surface area contributed by atoms with E-state index in [0.29, 0.717) is 30.8 Å². The average Bonchev–Trinajstić information content (AvgIpc) is 2.74. The van der Waals surface area contributed by atoms with Crippen molar-refractivity contribution in [2.45, 2.75) is 13.2 Å². The molecule has 0 saturated carbocycles. The summed E-state index contributed by atoms with van der Waals surface area (Å²) in [5, 5.41) is 7.77. The van der Waals surface area contributed by atoms with E-state index in [1.165, 1.54) is 0 Å². The van der Waals surface area contributed by atoms with E-state index >= 15 is 0 Å². The van der Waals surface area contributed by atoms with Crippen molar-refractivity contribution < 1.29 is 9.53 Å². The van der Waals surface area contributed by atoms with Crippen molar-refractivity contribution in [1.82, 2.24) is 15.0 Å². The van der Waals surface area contributed by atoms with Gasteiger partial charge in [0.05, 0.1) is 18.8 Å². The average molecular weight is 231 g/mol. The van der Waals surface area contributed by atoms with Crippen molar-refractivity contribution >= 4 is 6.29 Å². The molecule has 1 aromatic carbocycles. The van der Waals surface area contributed by atoms with Gasteiger partial charge in [-0.25, -0.2) is 4.68 Å². The van der Waals surface area contributed by atoms with Gasteiger partial charge in [-0.2, -0.15) is 0 Å². The van der Waals surface area contributed by atoms with Gasteiger partial charge in [0.15, 0.2) is 12.0 Å². The van der Waals surface area contributed by atoms with E-state index in [2.05, 4.69) is 10.3 Å². The minimum Gasteiger partial charge on any atom is -0.378 e. The maximum Gasteiger partial charge on any atom is 0.172 e. The molecule has 2 aromatic rings. The number of hydrogen-bond acceptors (Lipinski definition) is 4. The predicted molar refractivity (Wildman–Crippen MR) is 61.7 cm³/mol. The van der Waals surface area contributed by atoms with Crippen LogP contribution in [0, 0.1) is 0 Å². The van der Waals surface area contributed by atoms with Crippen LogP contribution in [0.4, 0.5) is 0 Å². The highest BCUT2D eigenvalue weighted by atomic mass is 16.5. The molecular weight excluding hydrogens is 218 g/mol. The first-order chi connectivity index (χ1) is 8.35. The van der Waals surface area contributed by atoms with Gasteiger partial charge in [0.1, 0.15) is 0 Å². The van der Waals surface area contributed by atoms with Crippen molar-refractivity contribution in [3.63, 3.8) is 0 Å². The Hall–Kier alpha value is -2.01. The van der Waals surface area contributed by atoms with Crippen LogP contribution in [0.1, 0.15) is 21.7 Å². The summed E-state index contributed by atoms with van der Waals surface area (Å²) in [7, 11) is 1.58. The second kappa shape index (κ2) is 5.36. The van der Waals surface area contributed by atoms with Crippen molar-refractivity contribution in [2.75, 3.05) is 7.11 Å². The minimum absolute atomic E-state index is 0.327. The highest BCUT2D eigenvalue weighted by molar-refractivity contribution is 5.73. The van der Waals surface area contributed by atoms with Crippen molar-refractivity contribution in [1.29, 1.82) is 0 Å². The Morgan fingerprint density at radius 1 is 1.35 bits per heavy atom. The molecule has 1 aromatic heterocycles. The third-order valence-electron chi connectivity index (χ3n) is 2.44. The van der Waals surface area contributed by atoms with Crippen LogP contribution < -0.4 is 0 Å². The molecule has 0 saturated heterocycles. The van der Waals surface area contributed by atoms with Crippen LogP contribution in [-0.4, -0.2) is 28.4 Å². The van der Waals surface area contributed by atoms with Crippen LogP contribution in [0.25, 0.3) is 0 Å². The third-order valence-corrected chi connectivity index (χ3v) is 2.44. The van der Waals surface area contributed by atoms with E-state index in [1.54, 1.807) is 11.8 Å². The molecule has 0 N–H and O–H groups in total. The number of benzene rings is 1. The molecule has 88 valence electrons. The second-order valence-corrected chi connectivity index (χ2v) is 3.62. The van der Waals surface area contributed by atoms with Gasteiger partial charge in [0.25, 0.3) is 0 Å². The Labute approximate surface area is 99.0 Å². The van der Waals surface area contributed by atoms with E-state index in [9.17, 15) is 4.79 Å². The molecule has 0 atom stereocenters. The molecule has 0 aliphatic carbocycles. The van der Waals surface area contributed by atoms with Gasteiger partial charge >= 0.3 is 0 Å². The number of methoxy groups -OCH3 is 1. The lowest BCUT2D eigenvalue weighted by Crippen LogP contribution is -2.08. The van der Waals surface area contributed by atoms with Gasteiger partial charge in [-0.1, -0.05) is 35.5 Å². The van der Waals surface area contributed by atoms with Gasteiger partial charge in [-0.15, -0.1) is 5.10 Å². The summed E-state index contributed by atoms with van der Waals surface area (Å²) >= 11 is 0. The number of hydrogen-bond donors (Lipinski definition) is 0. The van der Waals surface area contributed by atoms with Gasteiger partial charge in [0.2, 0.25) is 0 Å². The lowest BCUT2D eigenvalue weighted by molar-refractivity contribution is 0.111. The normalized spacial score (nSPS) is 10.4. The molecule has 5 heteroatoms. The summed E-state index contributed by atoms with van der Waals surface area (Å²) in [5.41, 5.74) is 2.14. The van der Waals surface area contributed by atoms with Gasteiger partial charge in [-0.3, -0.25) is 4.79 Å². The molecule has 0 bridgehead atoms. The fraction of sp³-hybridized carbons (Fsp3) is 0.250. The molecule has 5 nitrogen and oxygen atoms in total. The van der Waals surface area contributed by atoms with E-state index in [0.717, 1.165) is 5.56 Å². The number of carbonyl (C=O) groups is 1. The summed E-state index contributed by atoms with van der Waals surface area (Å²) in [6.07, 6.45) is 0.697. The van der Waals surface area contributed by atoms with E-state index in [1.807, 2.05) is 30.3 Å². The molecular formula is C12H13N3O2. The van der Waals surface area contributed by atoms with Crippen molar-refractivity contribution in [3.8, 4) is 0 Å². The maximum atomic E-state index is 10.8. The topological polar surface area (TPSA) is 57.0 Å². The van der Waals surface area contributed by atoms with Crippen LogP contribution >= 0.6 is 0 Å². The number of aromatic nitrogens is 3. The molecule has 17 heavy (non-hydrogen) atoms. The Kier molecular flexibility index (Phi) is 3.62. The van der Waals surface area contributed by atoms with Crippen molar-refractivity contribution in [3.05, 3.63) is 47.3 Å². The SMILES string of the molecule is COCc1c(C=O)nnn1Cc1ccccc1. The quantitative estimate of drug-likeness (QED) is 0.727. The monoisotopic (exact) mass is 231 g/mol. The van der Waals surface area contributed by atoms with E-state index in [4.69, 9.17) is 4.74 Å². The lowest BCUT2D eigenvalue weighted by Gasteiger charge is -2.05. The number of ether oxygens (including phenoxy) is 1. The number of carbonyl (C=O) groups excluding carboxylic acids is 1. The molecule has 1 heterocycles. The van der Waals surface area contributed by atoms with E-state index < -0.39 is 0 Å². The fourth-order valence-electron chi connectivity index (χ4n) is 1.61. The molecule has 0 aliphatic heterocycles. The Morgan fingerprint density at radius 2 is 2.12 bits per heavy atom. The Morgan fingerprint density at radius 3 is 2.76 bits per heavy atom. The molecule has 0 unspecified atom stereocenters. The van der Waals surface area contributed by atoms with Gasteiger partial charge < -0.3 is 4.74 Å². The zero-order valence-electron chi connectivity index (χ0n) is 9.54. The zero-order chi connectivity index (χ0) is 12.1. The lowest BCUT2D eigenvalue weighted by atomic mass is 10.2. The highest BCUT2D eigenvalue weighted by Crippen LogP contribution is 2.08. The Bertz CT molecular complexity index is 494. The second-order valence-electron chi connectivity index (χ2n) is 3.62. The largest absolute Gasteiger partial charge is 0.378 e. The van der Waals surface area contributed by atoms with Crippen LogP contribution in [0.15, 0.2) is 30.3 Å². The third kappa shape index (κ3) is 2.57. The maximum absolute atomic E-state index is 10.8.